The number of aryl methyl sites for hydroxylation is 3. The van der Waals surface area contributed by atoms with Gasteiger partial charge in [0.15, 0.2) is 0 Å². The molecule has 1 aromatic carbocycles. The summed E-state index contributed by atoms with van der Waals surface area (Å²) in [5, 5.41) is 7.38. The van der Waals surface area contributed by atoms with Crippen molar-refractivity contribution in [2.45, 2.75) is 24.5 Å². The fraction of sp³-hybridized carbons (Fsp3) is 0.250. The van der Waals surface area contributed by atoms with Gasteiger partial charge in [-0.15, -0.1) is 23.1 Å². The number of hydrogen-bond donors (Lipinski definition) is 0. The highest BCUT2D eigenvalue weighted by atomic mass is 32.2. The minimum atomic E-state index is 0.904. The van der Waals surface area contributed by atoms with Crippen molar-refractivity contribution in [2.75, 3.05) is 0 Å². The van der Waals surface area contributed by atoms with Gasteiger partial charge in [-0.1, -0.05) is 17.7 Å². The third-order valence-corrected chi connectivity index (χ3v) is 5.35. The van der Waals surface area contributed by atoms with Gasteiger partial charge in [-0.3, -0.25) is 4.68 Å². The maximum Gasteiger partial charge on any atom is 0.126 e. The SMILES string of the molecule is Cc1ccc(C)c(SCc2csc(-c3cnn(C)c3)n2)c1. The molecule has 0 saturated carbocycles. The molecule has 2 aromatic heterocycles. The summed E-state index contributed by atoms with van der Waals surface area (Å²) >= 11 is 3.53. The second-order valence-electron chi connectivity index (χ2n) is 5.10. The number of hydrogen-bond acceptors (Lipinski definition) is 4. The summed E-state index contributed by atoms with van der Waals surface area (Å²) in [6.45, 7) is 4.29. The predicted octanol–water partition coefficient (Wildman–Crippen LogP) is 4.45. The Balaban J connectivity index is 1.71. The maximum atomic E-state index is 4.71. The molecule has 0 amide bonds. The summed E-state index contributed by atoms with van der Waals surface area (Å²) < 4.78 is 1.81. The molecule has 3 aromatic rings. The minimum absolute atomic E-state index is 0.904. The van der Waals surface area contributed by atoms with Crippen LogP contribution in [-0.4, -0.2) is 14.8 Å². The molecule has 108 valence electrons. The Labute approximate surface area is 133 Å². The number of nitrogens with zero attached hydrogens (tertiary/aromatic N) is 3. The molecule has 0 saturated heterocycles. The molecule has 3 nitrogen and oxygen atoms in total. The molecule has 0 unspecified atom stereocenters. The van der Waals surface area contributed by atoms with Crippen molar-refractivity contribution in [2.24, 2.45) is 7.05 Å². The first kappa shape index (κ1) is 14.4. The second-order valence-corrected chi connectivity index (χ2v) is 6.98. The quantitative estimate of drug-likeness (QED) is 0.666. The van der Waals surface area contributed by atoms with Crippen LogP contribution in [0.5, 0.6) is 0 Å². The molecule has 0 fully saturated rings. The first-order valence-electron chi connectivity index (χ1n) is 6.75. The van der Waals surface area contributed by atoms with Gasteiger partial charge in [0.2, 0.25) is 0 Å². The largest absolute Gasteiger partial charge is 0.275 e. The molecule has 2 heterocycles. The number of rotatable bonds is 4. The normalized spacial score (nSPS) is 11.0. The molecular weight excluding hydrogens is 298 g/mol. The van der Waals surface area contributed by atoms with Crippen LogP contribution in [0.1, 0.15) is 16.8 Å². The van der Waals surface area contributed by atoms with Crippen LogP contribution in [0.4, 0.5) is 0 Å². The van der Waals surface area contributed by atoms with Gasteiger partial charge in [0.1, 0.15) is 5.01 Å². The van der Waals surface area contributed by atoms with Gasteiger partial charge < -0.3 is 0 Å². The highest BCUT2D eigenvalue weighted by molar-refractivity contribution is 7.98. The Bertz CT molecular complexity index is 758. The lowest BCUT2D eigenvalue weighted by atomic mass is 10.2. The van der Waals surface area contributed by atoms with Gasteiger partial charge in [0, 0.05) is 34.8 Å². The van der Waals surface area contributed by atoms with Crippen LogP contribution in [0.2, 0.25) is 0 Å². The lowest BCUT2D eigenvalue weighted by Crippen LogP contribution is -1.85. The van der Waals surface area contributed by atoms with E-state index in [2.05, 4.69) is 42.5 Å². The van der Waals surface area contributed by atoms with E-state index in [0.29, 0.717) is 0 Å². The molecule has 3 rings (SSSR count). The molecule has 21 heavy (non-hydrogen) atoms. The van der Waals surface area contributed by atoms with Gasteiger partial charge in [0.05, 0.1) is 11.9 Å². The van der Waals surface area contributed by atoms with Crippen molar-refractivity contribution >= 4 is 23.1 Å². The predicted molar refractivity (Wildman–Crippen MR) is 89.8 cm³/mol. The molecule has 0 aliphatic carbocycles. The molecule has 0 bridgehead atoms. The Hall–Kier alpha value is -1.59. The second kappa shape index (κ2) is 6.03. The maximum absolute atomic E-state index is 4.71. The van der Waals surface area contributed by atoms with Gasteiger partial charge in [-0.2, -0.15) is 5.10 Å². The molecule has 0 atom stereocenters. The van der Waals surface area contributed by atoms with E-state index in [0.717, 1.165) is 22.0 Å². The van der Waals surface area contributed by atoms with E-state index in [4.69, 9.17) is 4.98 Å². The number of benzene rings is 1. The number of thioether (sulfide) groups is 1. The number of thiazole rings is 1. The summed E-state index contributed by atoms with van der Waals surface area (Å²) in [5.41, 5.74) is 4.85. The monoisotopic (exact) mass is 315 g/mol. The summed E-state index contributed by atoms with van der Waals surface area (Å²) in [4.78, 5) is 6.04. The van der Waals surface area contributed by atoms with Crippen LogP contribution in [0.15, 0.2) is 40.9 Å². The smallest absolute Gasteiger partial charge is 0.126 e. The Kier molecular flexibility index (Phi) is 4.12. The van der Waals surface area contributed by atoms with Gasteiger partial charge in [-0.05, 0) is 25.5 Å². The van der Waals surface area contributed by atoms with Gasteiger partial charge >= 0.3 is 0 Å². The van der Waals surface area contributed by atoms with E-state index in [1.807, 2.05) is 31.2 Å². The van der Waals surface area contributed by atoms with E-state index in [9.17, 15) is 0 Å². The van der Waals surface area contributed by atoms with Crippen LogP contribution >= 0.6 is 23.1 Å². The standard InChI is InChI=1S/C16H17N3S2/c1-11-4-5-12(2)15(6-11)20-9-14-10-21-16(18-14)13-7-17-19(3)8-13/h4-8,10H,9H2,1-3H3. The summed E-state index contributed by atoms with van der Waals surface area (Å²) in [5.74, 6) is 0.904. The van der Waals surface area contributed by atoms with E-state index >= 15 is 0 Å². The van der Waals surface area contributed by atoms with Crippen molar-refractivity contribution in [3.8, 4) is 10.6 Å². The summed E-state index contributed by atoms with van der Waals surface area (Å²) in [6, 6.07) is 6.58. The van der Waals surface area contributed by atoms with Crippen LogP contribution in [0, 0.1) is 13.8 Å². The topological polar surface area (TPSA) is 30.7 Å². The van der Waals surface area contributed by atoms with E-state index < -0.39 is 0 Å². The van der Waals surface area contributed by atoms with Crippen molar-refractivity contribution in [1.29, 1.82) is 0 Å². The van der Waals surface area contributed by atoms with E-state index in [1.54, 1.807) is 16.0 Å². The van der Waals surface area contributed by atoms with Crippen LogP contribution < -0.4 is 0 Å². The molecular formula is C16H17N3S2. The molecule has 0 N–H and O–H groups in total. The zero-order valence-electron chi connectivity index (χ0n) is 12.3. The highest BCUT2D eigenvalue weighted by Gasteiger charge is 2.08. The molecule has 0 spiro atoms. The Morgan fingerprint density at radius 3 is 2.90 bits per heavy atom. The lowest BCUT2D eigenvalue weighted by molar-refractivity contribution is 0.768. The first-order valence-corrected chi connectivity index (χ1v) is 8.62. The molecule has 0 radical (unpaired) electrons. The van der Waals surface area contributed by atoms with Crippen molar-refractivity contribution < 1.29 is 0 Å². The van der Waals surface area contributed by atoms with Gasteiger partial charge in [0.25, 0.3) is 0 Å². The Morgan fingerprint density at radius 2 is 2.14 bits per heavy atom. The number of aromatic nitrogens is 3. The zero-order chi connectivity index (χ0) is 14.8. The molecule has 0 aliphatic rings. The summed E-state index contributed by atoms with van der Waals surface area (Å²) in [7, 11) is 1.92. The summed E-state index contributed by atoms with van der Waals surface area (Å²) in [6.07, 6.45) is 3.86. The fourth-order valence-corrected chi connectivity index (χ4v) is 3.97. The highest BCUT2D eigenvalue weighted by Crippen LogP contribution is 2.29. The van der Waals surface area contributed by atoms with Crippen molar-refractivity contribution in [1.82, 2.24) is 14.8 Å². The molecule has 5 heteroatoms. The third-order valence-electron chi connectivity index (χ3n) is 3.22. The average Bonchev–Trinajstić information content (AvgIpc) is 3.08. The molecule has 0 aliphatic heterocycles. The van der Waals surface area contributed by atoms with Crippen LogP contribution in [0.25, 0.3) is 10.6 Å². The third kappa shape index (κ3) is 3.36. The van der Waals surface area contributed by atoms with Crippen LogP contribution in [-0.2, 0) is 12.8 Å². The van der Waals surface area contributed by atoms with E-state index in [1.165, 1.54) is 16.0 Å². The van der Waals surface area contributed by atoms with Crippen molar-refractivity contribution in [3.05, 3.63) is 52.8 Å². The lowest BCUT2D eigenvalue weighted by Gasteiger charge is -2.05. The minimum Gasteiger partial charge on any atom is -0.275 e. The average molecular weight is 315 g/mol. The first-order chi connectivity index (χ1) is 10.1. The zero-order valence-corrected chi connectivity index (χ0v) is 14.0. The van der Waals surface area contributed by atoms with Crippen molar-refractivity contribution in [3.63, 3.8) is 0 Å². The van der Waals surface area contributed by atoms with E-state index in [-0.39, 0.29) is 0 Å². The fourth-order valence-electron chi connectivity index (χ4n) is 2.05. The van der Waals surface area contributed by atoms with Gasteiger partial charge in [-0.25, -0.2) is 4.98 Å². The van der Waals surface area contributed by atoms with Crippen LogP contribution in [0.3, 0.4) is 0 Å². The Morgan fingerprint density at radius 1 is 1.29 bits per heavy atom.